The molecule has 0 aliphatic carbocycles. The molecule has 1 aliphatic heterocycles. The van der Waals surface area contributed by atoms with Gasteiger partial charge in [-0.1, -0.05) is 23.8 Å². The number of aromatic hydroxyl groups is 1. The summed E-state index contributed by atoms with van der Waals surface area (Å²) in [4.78, 5) is 29.2. The summed E-state index contributed by atoms with van der Waals surface area (Å²) in [7, 11) is 3.15. The molecular formula is C30H29NO7. The van der Waals surface area contributed by atoms with Crippen molar-refractivity contribution >= 4 is 16.9 Å². The molecule has 0 spiro atoms. The predicted octanol–water partition coefficient (Wildman–Crippen LogP) is 5.01. The largest absolute Gasteiger partial charge is 0.504 e. The van der Waals surface area contributed by atoms with E-state index >= 15 is 0 Å². The van der Waals surface area contributed by atoms with Gasteiger partial charge in [0.05, 0.1) is 37.8 Å². The molecule has 3 aromatic carbocycles. The quantitative estimate of drug-likeness (QED) is 0.352. The monoisotopic (exact) mass is 515 g/mol. The average molecular weight is 516 g/mol. The molecule has 196 valence electrons. The van der Waals surface area contributed by atoms with Crippen LogP contribution in [-0.2, 0) is 6.42 Å². The zero-order valence-electron chi connectivity index (χ0n) is 21.7. The van der Waals surface area contributed by atoms with E-state index in [-0.39, 0.29) is 34.2 Å². The number of hydrogen-bond donors (Lipinski definition) is 1. The molecule has 38 heavy (non-hydrogen) atoms. The lowest BCUT2D eigenvalue weighted by Crippen LogP contribution is -2.31. The van der Waals surface area contributed by atoms with Gasteiger partial charge in [-0.25, -0.2) is 0 Å². The molecule has 8 nitrogen and oxygen atoms in total. The Morgan fingerprint density at radius 1 is 0.947 bits per heavy atom. The predicted molar refractivity (Wildman–Crippen MR) is 143 cm³/mol. The van der Waals surface area contributed by atoms with E-state index in [1.54, 1.807) is 43.4 Å². The number of fused-ring (bicyclic) bond motifs is 2. The fraction of sp³-hybridized carbons (Fsp3) is 0.267. The van der Waals surface area contributed by atoms with Crippen molar-refractivity contribution in [3.63, 3.8) is 0 Å². The highest BCUT2D eigenvalue weighted by atomic mass is 16.5. The first kappa shape index (κ1) is 25.2. The van der Waals surface area contributed by atoms with Gasteiger partial charge in [-0.15, -0.1) is 0 Å². The molecule has 4 aromatic rings. The number of ether oxygens (including phenoxy) is 3. The van der Waals surface area contributed by atoms with Crippen LogP contribution in [0.15, 0.2) is 63.8 Å². The van der Waals surface area contributed by atoms with Gasteiger partial charge in [0, 0.05) is 6.54 Å². The third-order valence-corrected chi connectivity index (χ3v) is 6.81. The topological polar surface area (TPSA) is 98.4 Å². The Kier molecular flexibility index (Phi) is 6.72. The van der Waals surface area contributed by atoms with Crippen LogP contribution < -0.4 is 19.6 Å². The first-order valence-corrected chi connectivity index (χ1v) is 12.4. The van der Waals surface area contributed by atoms with Gasteiger partial charge >= 0.3 is 0 Å². The number of carbonyl (C=O) groups excluding carboxylic acids is 1. The highest BCUT2D eigenvalue weighted by Gasteiger charge is 2.42. The molecule has 2 heterocycles. The standard InChI is InChI=1S/C30H29NO7/c1-5-37-24-16-19(8-9-21(24)32)27-26-28(33)20-14-17(2)6-10-22(20)38-29(26)30(34)31(27)13-12-18-7-11-23(35-3)25(15-18)36-4/h6-11,14-16,27,32H,5,12-13H2,1-4H3. The number of rotatable bonds is 8. The van der Waals surface area contributed by atoms with Crippen molar-refractivity contribution in [2.24, 2.45) is 0 Å². The van der Waals surface area contributed by atoms with E-state index in [0.29, 0.717) is 47.6 Å². The first-order chi connectivity index (χ1) is 18.4. The van der Waals surface area contributed by atoms with E-state index in [1.807, 2.05) is 38.1 Å². The zero-order valence-corrected chi connectivity index (χ0v) is 21.7. The Bertz CT molecular complexity index is 1590. The fourth-order valence-electron chi connectivity index (χ4n) is 4.97. The van der Waals surface area contributed by atoms with Gasteiger partial charge in [-0.05, 0) is 67.8 Å². The minimum atomic E-state index is -0.710. The number of phenolic OH excluding ortho intramolecular Hbond substituents is 1. The second-order valence-electron chi connectivity index (χ2n) is 9.17. The van der Waals surface area contributed by atoms with E-state index in [1.165, 1.54) is 6.07 Å². The number of amides is 1. The molecule has 1 atom stereocenters. The van der Waals surface area contributed by atoms with E-state index in [2.05, 4.69) is 0 Å². The number of methoxy groups -OCH3 is 2. The SMILES string of the molecule is CCOc1cc(C2c3c(oc4ccc(C)cc4c3=O)C(=O)N2CCc2ccc(OC)c(OC)c2)ccc1O. The van der Waals surface area contributed by atoms with Crippen LogP contribution >= 0.6 is 0 Å². The van der Waals surface area contributed by atoms with Crippen molar-refractivity contribution in [3.8, 4) is 23.0 Å². The van der Waals surface area contributed by atoms with Crippen molar-refractivity contribution in [2.75, 3.05) is 27.4 Å². The number of hydrogen-bond acceptors (Lipinski definition) is 7. The van der Waals surface area contributed by atoms with Crippen molar-refractivity contribution in [1.82, 2.24) is 4.90 Å². The molecule has 8 heteroatoms. The summed E-state index contributed by atoms with van der Waals surface area (Å²) in [5.41, 5.74) is 2.90. The number of phenols is 1. The smallest absolute Gasteiger partial charge is 0.290 e. The summed E-state index contributed by atoms with van der Waals surface area (Å²) < 4.78 is 22.4. The van der Waals surface area contributed by atoms with Crippen LogP contribution in [0.4, 0.5) is 0 Å². The summed E-state index contributed by atoms with van der Waals surface area (Å²) in [5, 5.41) is 10.7. The minimum Gasteiger partial charge on any atom is -0.504 e. The second kappa shape index (κ2) is 10.1. The number of nitrogens with zero attached hydrogens (tertiary/aromatic N) is 1. The lowest BCUT2D eigenvalue weighted by Gasteiger charge is -2.26. The molecule has 1 aromatic heterocycles. The Balaban J connectivity index is 1.61. The average Bonchev–Trinajstić information content (AvgIpc) is 3.20. The van der Waals surface area contributed by atoms with Crippen molar-refractivity contribution in [2.45, 2.75) is 26.3 Å². The highest BCUT2D eigenvalue weighted by Crippen LogP contribution is 2.41. The van der Waals surface area contributed by atoms with Gasteiger partial charge in [-0.2, -0.15) is 0 Å². The van der Waals surface area contributed by atoms with Crippen LogP contribution in [0.25, 0.3) is 11.0 Å². The Labute approximate surface area is 220 Å². The van der Waals surface area contributed by atoms with E-state index in [0.717, 1.165) is 11.1 Å². The zero-order chi connectivity index (χ0) is 27.0. The molecule has 0 radical (unpaired) electrons. The Morgan fingerprint density at radius 3 is 2.47 bits per heavy atom. The van der Waals surface area contributed by atoms with Gasteiger partial charge < -0.3 is 28.6 Å². The van der Waals surface area contributed by atoms with Gasteiger partial charge in [-0.3, -0.25) is 9.59 Å². The lowest BCUT2D eigenvalue weighted by molar-refractivity contribution is 0.0729. The van der Waals surface area contributed by atoms with Crippen LogP contribution in [-0.4, -0.2) is 43.3 Å². The second-order valence-corrected chi connectivity index (χ2v) is 9.17. The summed E-state index contributed by atoms with van der Waals surface area (Å²) in [6.07, 6.45) is 0.500. The van der Waals surface area contributed by atoms with E-state index in [4.69, 9.17) is 18.6 Å². The number of aryl methyl sites for hydroxylation is 1. The van der Waals surface area contributed by atoms with Gasteiger partial charge in [0.2, 0.25) is 5.76 Å². The molecule has 0 bridgehead atoms. The molecular weight excluding hydrogens is 486 g/mol. The molecule has 1 unspecified atom stereocenters. The normalized spacial score (nSPS) is 14.6. The highest BCUT2D eigenvalue weighted by molar-refractivity contribution is 5.99. The third-order valence-electron chi connectivity index (χ3n) is 6.81. The lowest BCUT2D eigenvalue weighted by atomic mass is 9.97. The summed E-state index contributed by atoms with van der Waals surface area (Å²) in [5.74, 6) is 1.15. The van der Waals surface area contributed by atoms with Gasteiger partial charge in [0.25, 0.3) is 5.91 Å². The van der Waals surface area contributed by atoms with Crippen molar-refractivity contribution < 1.29 is 28.5 Å². The van der Waals surface area contributed by atoms with Crippen LogP contribution in [0.3, 0.4) is 0 Å². The van der Waals surface area contributed by atoms with E-state index < -0.39 is 6.04 Å². The molecule has 1 N–H and O–H groups in total. The summed E-state index contributed by atoms with van der Waals surface area (Å²) >= 11 is 0. The van der Waals surface area contributed by atoms with Crippen molar-refractivity contribution in [1.29, 1.82) is 0 Å². The van der Waals surface area contributed by atoms with Gasteiger partial charge in [0.15, 0.2) is 28.4 Å². The third kappa shape index (κ3) is 4.32. The molecule has 5 rings (SSSR count). The van der Waals surface area contributed by atoms with Crippen LogP contribution in [0, 0.1) is 6.92 Å². The molecule has 0 fully saturated rings. The maximum atomic E-state index is 13.8. The minimum absolute atomic E-state index is 0.0156. The molecule has 1 aliphatic rings. The van der Waals surface area contributed by atoms with Crippen molar-refractivity contribution in [3.05, 3.63) is 92.8 Å². The summed E-state index contributed by atoms with van der Waals surface area (Å²) in [6.45, 7) is 4.38. The fourth-order valence-corrected chi connectivity index (χ4v) is 4.97. The maximum absolute atomic E-state index is 13.8. The Hall–Kier alpha value is -4.46. The molecule has 0 saturated carbocycles. The Morgan fingerprint density at radius 2 is 1.74 bits per heavy atom. The first-order valence-electron chi connectivity index (χ1n) is 12.4. The summed E-state index contributed by atoms with van der Waals surface area (Å²) in [6, 6.07) is 15.1. The number of carbonyl (C=O) groups is 1. The van der Waals surface area contributed by atoms with Crippen LogP contribution in [0.1, 0.15) is 45.8 Å². The van der Waals surface area contributed by atoms with E-state index in [9.17, 15) is 14.7 Å². The van der Waals surface area contributed by atoms with Gasteiger partial charge in [0.1, 0.15) is 5.58 Å². The van der Waals surface area contributed by atoms with Crippen LogP contribution in [0.5, 0.6) is 23.0 Å². The van der Waals surface area contributed by atoms with Crippen LogP contribution in [0.2, 0.25) is 0 Å². The number of benzene rings is 3. The molecule has 1 amide bonds. The maximum Gasteiger partial charge on any atom is 0.290 e. The molecule has 0 saturated heterocycles.